The SMILES string of the molecule is COc1cccc(/C(=N/O)C(=O)O)c1. The molecule has 0 aliphatic carbocycles. The van der Waals surface area contributed by atoms with Crippen LogP contribution in [-0.2, 0) is 4.79 Å². The van der Waals surface area contributed by atoms with Crippen molar-refractivity contribution < 1.29 is 19.8 Å². The second kappa shape index (κ2) is 4.27. The van der Waals surface area contributed by atoms with Gasteiger partial charge in [-0.15, -0.1) is 0 Å². The van der Waals surface area contributed by atoms with E-state index >= 15 is 0 Å². The van der Waals surface area contributed by atoms with Crippen LogP contribution in [0.15, 0.2) is 29.4 Å². The highest BCUT2D eigenvalue weighted by atomic mass is 16.5. The number of carboxylic acid groups (broad SMARTS) is 1. The number of methoxy groups -OCH3 is 1. The van der Waals surface area contributed by atoms with Crippen LogP contribution in [0.25, 0.3) is 0 Å². The lowest BCUT2D eigenvalue weighted by Gasteiger charge is -2.02. The maximum absolute atomic E-state index is 10.6. The third-order valence-corrected chi connectivity index (χ3v) is 1.65. The Morgan fingerprint density at radius 1 is 1.50 bits per heavy atom. The van der Waals surface area contributed by atoms with E-state index in [0.29, 0.717) is 11.3 Å². The summed E-state index contributed by atoms with van der Waals surface area (Å²) in [5, 5.41) is 19.8. The summed E-state index contributed by atoms with van der Waals surface area (Å²) in [4.78, 5) is 10.6. The lowest BCUT2D eigenvalue weighted by molar-refractivity contribution is -0.129. The van der Waals surface area contributed by atoms with Crippen LogP contribution in [0.2, 0.25) is 0 Å². The molecule has 5 nitrogen and oxygen atoms in total. The van der Waals surface area contributed by atoms with Crippen molar-refractivity contribution >= 4 is 11.7 Å². The van der Waals surface area contributed by atoms with Crippen molar-refractivity contribution in [2.45, 2.75) is 0 Å². The molecule has 74 valence electrons. The van der Waals surface area contributed by atoms with Crippen LogP contribution in [0.1, 0.15) is 5.56 Å². The molecule has 0 unspecified atom stereocenters. The minimum Gasteiger partial charge on any atom is -0.497 e. The van der Waals surface area contributed by atoms with Gasteiger partial charge >= 0.3 is 5.97 Å². The van der Waals surface area contributed by atoms with Gasteiger partial charge in [-0.1, -0.05) is 17.3 Å². The Kier molecular flexibility index (Phi) is 3.06. The van der Waals surface area contributed by atoms with Crippen molar-refractivity contribution in [3.63, 3.8) is 0 Å². The van der Waals surface area contributed by atoms with Crippen molar-refractivity contribution in [2.24, 2.45) is 5.16 Å². The summed E-state index contributed by atoms with van der Waals surface area (Å²) < 4.78 is 4.90. The molecule has 0 aromatic heterocycles. The number of hydrogen-bond donors (Lipinski definition) is 2. The lowest BCUT2D eigenvalue weighted by Crippen LogP contribution is -2.14. The van der Waals surface area contributed by atoms with Gasteiger partial charge in [0.25, 0.3) is 0 Å². The fraction of sp³-hybridized carbons (Fsp3) is 0.111. The highest BCUT2D eigenvalue weighted by molar-refractivity contribution is 6.42. The molecule has 0 fully saturated rings. The van der Waals surface area contributed by atoms with E-state index in [9.17, 15) is 4.79 Å². The molecule has 2 N–H and O–H groups in total. The Bertz CT molecular complexity index is 373. The molecule has 0 atom stereocenters. The molecular weight excluding hydrogens is 186 g/mol. The van der Waals surface area contributed by atoms with Crippen LogP contribution in [0, 0.1) is 0 Å². The molecule has 0 heterocycles. The first-order valence-corrected chi connectivity index (χ1v) is 3.79. The molecule has 0 bridgehead atoms. The number of ether oxygens (including phenoxy) is 1. The predicted molar refractivity (Wildman–Crippen MR) is 49.0 cm³/mol. The largest absolute Gasteiger partial charge is 0.497 e. The van der Waals surface area contributed by atoms with Gasteiger partial charge in [0.1, 0.15) is 5.75 Å². The summed E-state index contributed by atoms with van der Waals surface area (Å²) >= 11 is 0. The molecular formula is C9H9NO4. The highest BCUT2D eigenvalue weighted by Gasteiger charge is 2.13. The minimum absolute atomic E-state index is 0.291. The monoisotopic (exact) mass is 195 g/mol. The summed E-state index contributed by atoms with van der Waals surface area (Å²) in [7, 11) is 1.47. The standard InChI is InChI=1S/C9H9NO4/c1-14-7-4-2-3-6(5-7)8(10-13)9(11)12/h2-5,13H,1H3,(H,11,12)/b10-8-. The fourth-order valence-corrected chi connectivity index (χ4v) is 0.994. The van der Waals surface area contributed by atoms with Crippen LogP contribution >= 0.6 is 0 Å². The van der Waals surface area contributed by atoms with E-state index < -0.39 is 11.7 Å². The zero-order valence-corrected chi connectivity index (χ0v) is 7.47. The lowest BCUT2D eigenvalue weighted by atomic mass is 10.1. The average molecular weight is 195 g/mol. The van der Waals surface area contributed by atoms with Gasteiger partial charge in [0.2, 0.25) is 0 Å². The smallest absolute Gasteiger partial charge is 0.358 e. The number of carbonyl (C=O) groups is 1. The number of benzene rings is 1. The fourth-order valence-electron chi connectivity index (χ4n) is 0.994. The van der Waals surface area contributed by atoms with Crippen molar-refractivity contribution in [3.05, 3.63) is 29.8 Å². The molecule has 0 saturated heterocycles. The third kappa shape index (κ3) is 2.01. The van der Waals surface area contributed by atoms with Crippen LogP contribution < -0.4 is 4.74 Å². The number of carboxylic acids is 1. The van der Waals surface area contributed by atoms with E-state index in [2.05, 4.69) is 5.16 Å². The van der Waals surface area contributed by atoms with E-state index in [4.69, 9.17) is 15.1 Å². The van der Waals surface area contributed by atoms with E-state index in [1.807, 2.05) is 0 Å². The Hall–Kier alpha value is -2.04. The maximum Gasteiger partial charge on any atom is 0.358 e. The number of rotatable bonds is 3. The second-order valence-corrected chi connectivity index (χ2v) is 2.49. The van der Waals surface area contributed by atoms with Crippen molar-refractivity contribution in [1.29, 1.82) is 0 Å². The molecule has 0 spiro atoms. The molecule has 14 heavy (non-hydrogen) atoms. The summed E-state index contributed by atoms with van der Waals surface area (Å²) in [6.45, 7) is 0. The normalized spacial score (nSPS) is 11.1. The van der Waals surface area contributed by atoms with Gasteiger partial charge in [-0.2, -0.15) is 0 Å². The topological polar surface area (TPSA) is 79.1 Å². The number of nitrogens with zero attached hydrogens (tertiary/aromatic N) is 1. The van der Waals surface area contributed by atoms with Crippen molar-refractivity contribution in [2.75, 3.05) is 7.11 Å². The van der Waals surface area contributed by atoms with E-state index in [-0.39, 0.29) is 0 Å². The highest BCUT2D eigenvalue weighted by Crippen LogP contribution is 2.13. The van der Waals surface area contributed by atoms with Gasteiger partial charge in [-0.25, -0.2) is 4.79 Å². The molecule has 1 rings (SSSR count). The van der Waals surface area contributed by atoms with E-state index in [0.717, 1.165) is 0 Å². The zero-order valence-electron chi connectivity index (χ0n) is 7.47. The summed E-state index contributed by atoms with van der Waals surface area (Å²) in [6, 6.07) is 6.28. The van der Waals surface area contributed by atoms with Gasteiger partial charge in [0.05, 0.1) is 7.11 Å². The molecule has 0 radical (unpaired) electrons. The van der Waals surface area contributed by atoms with Gasteiger partial charge in [-0.05, 0) is 12.1 Å². The number of oxime groups is 1. The Morgan fingerprint density at radius 3 is 2.71 bits per heavy atom. The van der Waals surface area contributed by atoms with Crippen LogP contribution in [0.5, 0.6) is 5.75 Å². The average Bonchev–Trinajstić information content (AvgIpc) is 2.19. The van der Waals surface area contributed by atoms with Crippen LogP contribution in [-0.4, -0.2) is 29.1 Å². The summed E-state index contributed by atoms with van der Waals surface area (Å²) in [5.41, 5.74) is -0.122. The summed E-state index contributed by atoms with van der Waals surface area (Å²) in [6.07, 6.45) is 0. The Labute approximate surface area is 80.2 Å². The first kappa shape index (κ1) is 10.0. The van der Waals surface area contributed by atoms with Crippen LogP contribution in [0.4, 0.5) is 0 Å². The van der Waals surface area contributed by atoms with Crippen molar-refractivity contribution in [3.8, 4) is 5.75 Å². The zero-order chi connectivity index (χ0) is 10.6. The molecule has 1 aromatic carbocycles. The molecule has 0 aliphatic rings. The van der Waals surface area contributed by atoms with Gasteiger partial charge in [0.15, 0.2) is 5.71 Å². The van der Waals surface area contributed by atoms with Crippen LogP contribution in [0.3, 0.4) is 0 Å². The molecule has 0 amide bonds. The number of aliphatic carboxylic acids is 1. The summed E-state index contributed by atoms with van der Waals surface area (Å²) in [5.74, 6) is -0.786. The first-order chi connectivity index (χ1) is 6.69. The Balaban J connectivity index is 3.11. The predicted octanol–water partition coefficient (Wildman–Crippen LogP) is 0.958. The van der Waals surface area contributed by atoms with E-state index in [1.165, 1.54) is 19.2 Å². The molecule has 1 aromatic rings. The number of hydrogen-bond acceptors (Lipinski definition) is 4. The maximum atomic E-state index is 10.6. The quantitative estimate of drug-likeness (QED) is 0.427. The Morgan fingerprint density at radius 2 is 2.21 bits per heavy atom. The van der Waals surface area contributed by atoms with Crippen molar-refractivity contribution in [1.82, 2.24) is 0 Å². The van der Waals surface area contributed by atoms with Gasteiger partial charge in [-0.3, -0.25) is 0 Å². The van der Waals surface area contributed by atoms with Gasteiger partial charge < -0.3 is 15.1 Å². The molecule has 0 aliphatic heterocycles. The third-order valence-electron chi connectivity index (χ3n) is 1.65. The molecule has 0 saturated carbocycles. The van der Waals surface area contributed by atoms with E-state index in [1.54, 1.807) is 12.1 Å². The second-order valence-electron chi connectivity index (χ2n) is 2.49. The van der Waals surface area contributed by atoms with Gasteiger partial charge in [0, 0.05) is 5.56 Å². The minimum atomic E-state index is -1.29. The molecule has 5 heteroatoms. The first-order valence-electron chi connectivity index (χ1n) is 3.79.